The Labute approximate surface area is 158 Å². The van der Waals surface area contributed by atoms with Crippen molar-refractivity contribution in [2.24, 2.45) is 0 Å². The lowest BCUT2D eigenvalue weighted by atomic mass is 9.92. The van der Waals surface area contributed by atoms with Crippen LogP contribution in [0.15, 0.2) is 71.3 Å². The molecule has 0 spiro atoms. The molecule has 3 aromatic carbocycles. The van der Waals surface area contributed by atoms with Crippen LogP contribution >= 0.6 is 0 Å². The Bertz CT molecular complexity index is 1190. The highest BCUT2D eigenvalue weighted by Crippen LogP contribution is 2.43. The summed E-state index contributed by atoms with van der Waals surface area (Å²) in [6.45, 7) is 2.16. The quantitative estimate of drug-likeness (QED) is 0.419. The fourth-order valence-electron chi connectivity index (χ4n) is 4.12. The zero-order chi connectivity index (χ0) is 18.4. The van der Waals surface area contributed by atoms with E-state index >= 15 is 0 Å². The third-order valence-electron chi connectivity index (χ3n) is 5.42. The van der Waals surface area contributed by atoms with Gasteiger partial charge in [-0.15, -0.1) is 0 Å². The largest absolute Gasteiger partial charge is 0.496 e. The summed E-state index contributed by atoms with van der Waals surface area (Å²) in [7, 11) is 1.73. The van der Waals surface area contributed by atoms with Crippen LogP contribution in [0.1, 0.15) is 22.5 Å². The first kappa shape index (κ1) is 16.0. The molecule has 1 aliphatic carbocycles. The van der Waals surface area contributed by atoms with E-state index in [-0.39, 0.29) is 0 Å². The van der Waals surface area contributed by atoms with Crippen molar-refractivity contribution in [3.05, 3.63) is 89.4 Å². The van der Waals surface area contributed by atoms with Crippen molar-refractivity contribution in [3.63, 3.8) is 0 Å². The molecule has 1 heterocycles. The molecule has 4 aromatic rings. The molecule has 2 heteroatoms. The average molecular weight is 352 g/mol. The van der Waals surface area contributed by atoms with Crippen molar-refractivity contribution in [2.45, 2.75) is 13.3 Å². The van der Waals surface area contributed by atoms with Gasteiger partial charge in [0.2, 0.25) is 0 Å². The van der Waals surface area contributed by atoms with Gasteiger partial charge in [0, 0.05) is 28.3 Å². The summed E-state index contributed by atoms with van der Waals surface area (Å²) in [6.07, 6.45) is 5.02. The molecule has 0 saturated carbocycles. The molecule has 0 unspecified atom stereocenters. The predicted molar refractivity (Wildman–Crippen MR) is 111 cm³/mol. The van der Waals surface area contributed by atoms with E-state index in [1.54, 1.807) is 7.11 Å². The standard InChI is InChI=1S/C25H20O2/c1-16-11-12-17-13-19(25-20-8-4-3-7-18(20)15-27-25)14-22(17)24(16)21-9-5-6-10-23(21)26-2/h3-12,14-15H,13H2,1-2H3. The number of benzene rings is 3. The molecule has 5 rings (SSSR count). The van der Waals surface area contributed by atoms with Gasteiger partial charge >= 0.3 is 0 Å². The van der Waals surface area contributed by atoms with Crippen LogP contribution in [0.4, 0.5) is 0 Å². The monoisotopic (exact) mass is 352 g/mol. The molecule has 0 bridgehead atoms. The van der Waals surface area contributed by atoms with Crippen LogP contribution in [0.5, 0.6) is 5.75 Å². The molecule has 0 N–H and O–H groups in total. The van der Waals surface area contributed by atoms with Crippen LogP contribution in [0, 0.1) is 6.92 Å². The van der Waals surface area contributed by atoms with Crippen LogP contribution in [0.25, 0.3) is 33.5 Å². The van der Waals surface area contributed by atoms with Crippen LogP contribution in [0.3, 0.4) is 0 Å². The SMILES string of the molecule is COc1ccccc1-c1c(C)ccc2c1C=C(c1occ3ccccc13)C2. The molecule has 0 amide bonds. The summed E-state index contributed by atoms with van der Waals surface area (Å²) >= 11 is 0. The lowest BCUT2D eigenvalue weighted by Crippen LogP contribution is -1.94. The van der Waals surface area contributed by atoms with E-state index in [1.807, 2.05) is 24.5 Å². The molecule has 1 aromatic heterocycles. The minimum Gasteiger partial charge on any atom is -0.496 e. The van der Waals surface area contributed by atoms with E-state index in [4.69, 9.17) is 9.15 Å². The molecular formula is C25H20O2. The summed E-state index contributed by atoms with van der Waals surface area (Å²) in [5, 5.41) is 2.32. The number of hydrogen-bond donors (Lipinski definition) is 0. The molecule has 0 radical (unpaired) electrons. The fourth-order valence-corrected chi connectivity index (χ4v) is 4.12. The van der Waals surface area contributed by atoms with Gasteiger partial charge in [0.25, 0.3) is 0 Å². The van der Waals surface area contributed by atoms with E-state index in [1.165, 1.54) is 33.2 Å². The maximum absolute atomic E-state index is 5.96. The number of allylic oxidation sites excluding steroid dienone is 1. The zero-order valence-electron chi connectivity index (χ0n) is 15.5. The maximum atomic E-state index is 5.96. The Hall–Kier alpha value is -3.26. The molecular weight excluding hydrogens is 332 g/mol. The highest BCUT2D eigenvalue weighted by Gasteiger charge is 2.23. The number of ether oxygens (including phenoxy) is 1. The Balaban J connectivity index is 1.70. The van der Waals surface area contributed by atoms with Crippen molar-refractivity contribution in [3.8, 4) is 16.9 Å². The summed E-state index contributed by atoms with van der Waals surface area (Å²) in [5.41, 5.74) is 7.46. The smallest absolute Gasteiger partial charge is 0.138 e. The van der Waals surface area contributed by atoms with Crippen LogP contribution < -0.4 is 4.74 Å². The highest BCUT2D eigenvalue weighted by molar-refractivity contribution is 6.01. The minimum absolute atomic E-state index is 0.884. The first-order valence-corrected chi connectivity index (χ1v) is 9.19. The predicted octanol–water partition coefficient (Wildman–Crippen LogP) is 6.51. The molecule has 27 heavy (non-hydrogen) atoms. The van der Waals surface area contributed by atoms with Gasteiger partial charge in [0.1, 0.15) is 11.5 Å². The van der Waals surface area contributed by atoms with Crippen molar-refractivity contribution < 1.29 is 9.15 Å². The minimum atomic E-state index is 0.884. The summed E-state index contributed by atoms with van der Waals surface area (Å²) in [5.74, 6) is 1.88. The number of methoxy groups -OCH3 is 1. The van der Waals surface area contributed by atoms with Gasteiger partial charge in [-0.1, -0.05) is 54.6 Å². The van der Waals surface area contributed by atoms with E-state index in [0.717, 1.165) is 28.9 Å². The average Bonchev–Trinajstić information content (AvgIpc) is 3.31. The number of hydrogen-bond acceptors (Lipinski definition) is 2. The van der Waals surface area contributed by atoms with Gasteiger partial charge in [0.05, 0.1) is 13.4 Å². The summed E-state index contributed by atoms with van der Waals surface area (Å²) < 4.78 is 11.6. The van der Waals surface area contributed by atoms with Gasteiger partial charge in [-0.05, 0) is 41.3 Å². The molecule has 0 atom stereocenters. The van der Waals surface area contributed by atoms with Crippen molar-refractivity contribution in [2.75, 3.05) is 7.11 Å². The van der Waals surface area contributed by atoms with E-state index in [0.29, 0.717) is 0 Å². The molecule has 0 fully saturated rings. The Morgan fingerprint density at radius 2 is 1.74 bits per heavy atom. The lowest BCUT2D eigenvalue weighted by molar-refractivity contribution is 0.416. The van der Waals surface area contributed by atoms with E-state index in [9.17, 15) is 0 Å². The normalized spacial score (nSPS) is 12.9. The van der Waals surface area contributed by atoms with Gasteiger partial charge < -0.3 is 9.15 Å². The van der Waals surface area contributed by atoms with Crippen molar-refractivity contribution >= 4 is 22.4 Å². The van der Waals surface area contributed by atoms with Gasteiger partial charge in [0.15, 0.2) is 0 Å². The first-order valence-electron chi connectivity index (χ1n) is 9.19. The number of furan rings is 1. The molecule has 2 nitrogen and oxygen atoms in total. The van der Waals surface area contributed by atoms with Gasteiger partial charge in [-0.25, -0.2) is 0 Å². The van der Waals surface area contributed by atoms with E-state index in [2.05, 4.69) is 55.5 Å². The summed E-state index contributed by atoms with van der Waals surface area (Å²) in [4.78, 5) is 0. The summed E-state index contributed by atoms with van der Waals surface area (Å²) in [6, 6.07) is 21.0. The second-order valence-electron chi connectivity index (χ2n) is 7.03. The number of fused-ring (bicyclic) bond motifs is 2. The van der Waals surface area contributed by atoms with Gasteiger partial charge in [-0.2, -0.15) is 0 Å². The highest BCUT2D eigenvalue weighted by atomic mass is 16.5. The fraction of sp³-hybridized carbons (Fsp3) is 0.120. The van der Waals surface area contributed by atoms with Crippen molar-refractivity contribution in [1.29, 1.82) is 0 Å². The van der Waals surface area contributed by atoms with Crippen molar-refractivity contribution in [1.82, 2.24) is 0 Å². The third-order valence-corrected chi connectivity index (χ3v) is 5.42. The number of aryl methyl sites for hydroxylation is 1. The molecule has 132 valence electrons. The number of rotatable bonds is 3. The van der Waals surface area contributed by atoms with Crippen LogP contribution in [-0.2, 0) is 6.42 Å². The third kappa shape index (κ3) is 2.48. The Morgan fingerprint density at radius 1 is 0.926 bits per heavy atom. The molecule has 1 aliphatic rings. The molecule has 0 aliphatic heterocycles. The number of para-hydroxylation sites is 1. The second kappa shape index (κ2) is 6.17. The first-order chi connectivity index (χ1) is 13.3. The topological polar surface area (TPSA) is 22.4 Å². The van der Waals surface area contributed by atoms with E-state index < -0.39 is 0 Å². The lowest BCUT2D eigenvalue weighted by Gasteiger charge is -2.14. The van der Waals surface area contributed by atoms with Crippen LogP contribution in [-0.4, -0.2) is 7.11 Å². The Kier molecular flexibility index (Phi) is 3.64. The maximum Gasteiger partial charge on any atom is 0.138 e. The molecule has 0 saturated heterocycles. The Morgan fingerprint density at radius 3 is 2.63 bits per heavy atom. The van der Waals surface area contributed by atoms with Gasteiger partial charge in [-0.3, -0.25) is 0 Å². The van der Waals surface area contributed by atoms with Crippen LogP contribution in [0.2, 0.25) is 0 Å². The second-order valence-corrected chi connectivity index (χ2v) is 7.03. The zero-order valence-corrected chi connectivity index (χ0v) is 15.5.